The van der Waals surface area contributed by atoms with Crippen molar-refractivity contribution in [2.24, 2.45) is 0 Å². The largest absolute Gasteiger partial charge is 0.497 e. The minimum Gasteiger partial charge on any atom is -0.497 e. The van der Waals surface area contributed by atoms with Crippen LogP contribution in [-0.2, 0) is 10.0 Å². The topological polar surface area (TPSA) is 122 Å². The first kappa shape index (κ1) is 16.3. The summed E-state index contributed by atoms with van der Waals surface area (Å²) in [6.45, 7) is 0. The molecule has 0 aromatic heterocycles. The molecule has 0 spiro atoms. The number of nitrogens with zero attached hydrogens (tertiary/aromatic N) is 2. The molecule has 8 nitrogen and oxygen atoms in total. The zero-order valence-corrected chi connectivity index (χ0v) is 12.7. The molecule has 0 amide bonds. The Morgan fingerprint density at radius 3 is 2.61 bits per heavy atom. The average Bonchev–Trinajstić information content (AvgIpc) is 2.53. The summed E-state index contributed by atoms with van der Waals surface area (Å²) in [4.78, 5) is 9.81. The van der Waals surface area contributed by atoms with Gasteiger partial charge in [-0.1, -0.05) is 6.07 Å². The first-order valence-corrected chi connectivity index (χ1v) is 7.71. The van der Waals surface area contributed by atoms with Crippen LogP contribution < -0.4 is 9.46 Å². The highest BCUT2D eigenvalue weighted by atomic mass is 32.2. The highest BCUT2D eigenvalue weighted by Gasteiger charge is 2.26. The quantitative estimate of drug-likeness (QED) is 0.661. The molecule has 0 bridgehead atoms. The van der Waals surface area contributed by atoms with Gasteiger partial charge < -0.3 is 4.74 Å². The summed E-state index contributed by atoms with van der Waals surface area (Å²) in [5, 5.41) is 19.9. The van der Waals surface area contributed by atoms with Crippen molar-refractivity contribution in [2.45, 2.75) is 4.90 Å². The van der Waals surface area contributed by atoms with Crippen molar-refractivity contribution in [3.8, 4) is 11.8 Å². The van der Waals surface area contributed by atoms with Crippen molar-refractivity contribution in [1.82, 2.24) is 0 Å². The molecule has 2 aromatic rings. The van der Waals surface area contributed by atoms with E-state index in [1.54, 1.807) is 0 Å². The highest BCUT2D eigenvalue weighted by molar-refractivity contribution is 7.92. The Morgan fingerprint density at radius 2 is 2.00 bits per heavy atom. The second-order valence-electron chi connectivity index (χ2n) is 4.39. The number of sulfonamides is 1. The molecule has 0 saturated carbocycles. The summed E-state index contributed by atoms with van der Waals surface area (Å²) in [5.41, 5.74) is -0.211. The number of nitrogens with one attached hydrogen (secondary N) is 1. The molecule has 0 fully saturated rings. The molecule has 0 radical (unpaired) electrons. The first-order valence-electron chi connectivity index (χ1n) is 6.23. The predicted octanol–water partition coefficient (Wildman–Crippen LogP) is 2.28. The van der Waals surface area contributed by atoms with Gasteiger partial charge in [-0.3, -0.25) is 14.8 Å². The van der Waals surface area contributed by atoms with Crippen LogP contribution in [0.5, 0.6) is 5.75 Å². The Labute approximate surface area is 132 Å². The van der Waals surface area contributed by atoms with E-state index in [0.29, 0.717) is 0 Å². The lowest BCUT2D eigenvalue weighted by Gasteiger charge is -2.09. The van der Waals surface area contributed by atoms with Gasteiger partial charge in [0.25, 0.3) is 15.7 Å². The standard InChI is InChI=1S/C14H11N3O5S/c1-22-12-5-6-14(13(8-12)17(18)19)23(20,21)16-11-4-2-3-10(7-11)9-15/h2-8,16H,1H3. The molecule has 0 aliphatic heterocycles. The summed E-state index contributed by atoms with van der Waals surface area (Å²) < 4.78 is 31.9. The number of hydrogen-bond acceptors (Lipinski definition) is 6. The van der Waals surface area contributed by atoms with Crippen LogP contribution >= 0.6 is 0 Å². The Kier molecular flexibility index (Phi) is 4.47. The molecule has 0 unspecified atom stereocenters. The van der Waals surface area contributed by atoms with E-state index in [-0.39, 0.29) is 17.0 Å². The van der Waals surface area contributed by atoms with Gasteiger partial charge in [0, 0.05) is 0 Å². The van der Waals surface area contributed by atoms with Crippen LogP contribution in [0.15, 0.2) is 47.4 Å². The van der Waals surface area contributed by atoms with Gasteiger partial charge in [0.15, 0.2) is 4.90 Å². The normalized spacial score (nSPS) is 10.6. The van der Waals surface area contributed by atoms with Crippen LogP contribution in [0, 0.1) is 21.4 Å². The van der Waals surface area contributed by atoms with Crippen molar-refractivity contribution in [1.29, 1.82) is 5.26 Å². The summed E-state index contributed by atoms with van der Waals surface area (Å²) in [7, 11) is -2.88. The third kappa shape index (κ3) is 3.56. The van der Waals surface area contributed by atoms with Crippen LogP contribution in [0.4, 0.5) is 11.4 Å². The van der Waals surface area contributed by atoms with Gasteiger partial charge in [-0.25, -0.2) is 8.42 Å². The zero-order chi connectivity index (χ0) is 17.0. The highest BCUT2D eigenvalue weighted by Crippen LogP contribution is 2.29. The van der Waals surface area contributed by atoms with Gasteiger partial charge in [0.2, 0.25) is 0 Å². The van der Waals surface area contributed by atoms with Crippen molar-refractivity contribution >= 4 is 21.4 Å². The Balaban J connectivity index is 2.47. The number of nitro groups is 1. The second kappa shape index (κ2) is 6.33. The van der Waals surface area contributed by atoms with Gasteiger partial charge in [-0.05, 0) is 30.3 Å². The van der Waals surface area contributed by atoms with Gasteiger partial charge in [-0.2, -0.15) is 5.26 Å². The fraction of sp³-hybridized carbons (Fsp3) is 0.0714. The minimum absolute atomic E-state index is 0.133. The average molecular weight is 333 g/mol. The van der Waals surface area contributed by atoms with E-state index in [9.17, 15) is 18.5 Å². The molecule has 23 heavy (non-hydrogen) atoms. The number of nitro benzene ring substituents is 1. The molecule has 0 saturated heterocycles. The van der Waals surface area contributed by atoms with E-state index in [4.69, 9.17) is 10.00 Å². The lowest BCUT2D eigenvalue weighted by atomic mass is 10.2. The molecule has 0 atom stereocenters. The maximum atomic E-state index is 12.4. The van der Waals surface area contributed by atoms with Crippen molar-refractivity contribution in [3.63, 3.8) is 0 Å². The first-order chi connectivity index (χ1) is 10.9. The molecule has 0 aliphatic rings. The van der Waals surface area contributed by atoms with Crippen molar-refractivity contribution in [3.05, 3.63) is 58.1 Å². The maximum absolute atomic E-state index is 12.4. The van der Waals surface area contributed by atoms with E-state index < -0.39 is 25.5 Å². The van der Waals surface area contributed by atoms with Crippen LogP contribution in [0.25, 0.3) is 0 Å². The van der Waals surface area contributed by atoms with E-state index in [0.717, 1.165) is 12.1 Å². The molecule has 9 heteroatoms. The van der Waals surface area contributed by atoms with E-state index in [2.05, 4.69) is 4.72 Å². The second-order valence-corrected chi connectivity index (χ2v) is 6.04. The molecule has 0 aliphatic carbocycles. The van der Waals surface area contributed by atoms with E-state index in [1.165, 1.54) is 37.4 Å². The lowest BCUT2D eigenvalue weighted by Crippen LogP contribution is -2.14. The van der Waals surface area contributed by atoms with Crippen LogP contribution in [0.1, 0.15) is 5.56 Å². The van der Waals surface area contributed by atoms with Crippen molar-refractivity contribution in [2.75, 3.05) is 11.8 Å². The number of rotatable bonds is 5. The third-order valence-corrected chi connectivity index (χ3v) is 4.32. The van der Waals surface area contributed by atoms with Crippen LogP contribution in [0.2, 0.25) is 0 Å². The molecule has 2 aromatic carbocycles. The van der Waals surface area contributed by atoms with Crippen LogP contribution in [-0.4, -0.2) is 20.5 Å². The Morgan fingerprint density at radius 1 is 1.26 bits per heavy atom. The fourth-order valence-electron chi connectivity index (χ4n) is 1.86. The molecule has 118 valence electrons. The Bertz CT molecular complexity index is 903. The van der Waals surface area contributed by atoms with Gasteiger partial charge in [0.1, 0.15) is 5.75 Å². The summed E-state index contributed by atoms with van der Waals surface area (Å²) in [6, 6.07) is 11.1. The lowest BCUT2D eigenvalue weighted by molar-refractivity contribution is -0.387. The number of hydrogen-bond donors (Lipinski definition) is 1. The van der Waals surface area contributed by atoms with Gasteiger partial charge in [-0.15, -0.1) is 0 Å². The number of anilines is 1. The summed E-state index contributed by atoms with van der Waals surface area (Å²) in [6.07, 6.45) is 0. The number of nitriles is 1. The van der Waals surface area contributed by atoms with Crippen molar-refractivity contribution < 1.29 is 18.1 Å². The van der Waals surface area contributed by atoms with E-state index >= 15 is 0 Å². The molecular weight excluding hydrogens is 322 g/mol. The van der Waals surface area contributed by atoms with Gasteiger partial charge in [0.05, 0.1) is 35.4 Å². The number of benzene rings is 2. The van der Waals surface area contributed by atoms with Gasteiger partial charge >= 0.3 is 0 Å². The van der Waals surface area contributed by atoms with E-state index in [1.807, 2.05) is 6.07 Å². The maximum Gasteiger partial charge on any atom is 0.293 e. The number of ether oxygens (including phenoxy) is 1. The molecule has 1 N–H and O–H groups in total. The fourth-order valence-corrected chi connectivity index (χ4v) is 3.06. The summed E-state index contributed by atoms with van der Waals surface area (Å²) >= 11 is 0. The molecule has 2 rings (SSSR count). The third-order valence-electron chi connectivity index (χ3n) is 2.90. The molecular formula is C14H11N3O5S. The van der Waals surface area contributed by atoms with Crippen LogP contribution in [0.3, 0.4) is 0 Å². The zero-order valence-electron chi connectivity index (χ0n) is 11.9. The smallest absolute Gasteiger partial charge is 0.293 e. The Hall–Kier alpha value is -3.12. The SMILES string of the molecule is COc1ccc(S(=O)(=O)Nc2cccc(C#N)c2)c([N+](=O)[O-])c1. The molecule has 0 heterocycles. The predicted molar refractivity (Wildman–Crippen MR) is 81.6 cm³/mol. The minimum atomic E-state index is -4.20. The monoisotopic (exact) mass is 333 g/mol. The summed E-state index contributed by atoms with van der Waals surface area (Å²) in [5.74, 6) is 0.169. The number of methoxy groups -OCH3 is 1.